The molecule has 0 aliphatic carbocycles. The van der Waals surface area contributed by atoms with Crippen molar-refractivity contribution >= 4 is 33.6 Å². The van der Waals surface area contributed by atoms with Crippen LogP contribution in [0.25, 0.3) is 0 Å². The summed E-state index contributed by atoms with van der Waals surface area (Å²) in [4.78, 5) is 30.9. The Morgan fingerprint density at radius 1 is 1.21 bits per heavy atom. The van der Waals surface area contributed by atoms with Crippen LogP contribution in [0, 0.1) is 0 Å². The molecule has 7 nitrogen and oxygen atoms in total. The van der Waals surface area contributed by atoms with E-state index in [9.17, 15) is 9.59 Å². The zero-order chi connectivity index (χ0) is 19.7. The summed E-state index contributed by atoms with van der Waals surface area (Å²) < 4.78 is 7.71. The summed E-state index contributed by atoms with van der Waals surface area (Å²) in [5.41, 5.74) is 2.37. The number of aromatic nitrogens is 2. The van der Waals surface area contributed by atoms with Crippen LogP contribution in [0.5, 0.6) is 0 Å². The maximum absolute atomic E-state index is 12.9. The molecule has 1 aromatic heterocycles. The van der Waals surface area contributed by atoms with Crippen LogP contribution < -0.4 is 10.2 Å². The minimum atomic E-state index is -0.310. The second-order valence-electron chi connectivity index (χ2n) is 7.18. The fraction of sp³-hybridized carbons (Fsp3) is 0.450. The summed E-state index contributed by atoms with van der Waals surface area (Å²) in [5, 5.41) is 3.06. The van der Waals surface area contributed by atoms with E-state index in [0.717, 1.165) is 49.3 Å². The number of fused-ring (bicyclic) bond motifs is 1. The van der Waals surface area contributed by atoms with Gasteiger partial charge in [-0.05, 0) is 59.8 Å². The molecule has 1 N–H and O–H groups in total. The predicted molar refractivity (Wildman–Crippen MR) is 108 cm³/mol. The first-order valence-corrected chi connectivity index (χ1v) is 10.4. The molecule has 1 aromatic carbocycles. The topological polar surface area (TPSA) is 76.5 Å². The quantitative estimate of drug-likeness (QED) is 0.774. The van der Waals surface area contributed by atoms with Crippen LogP contribution in [-0.2, 0) is 17.7 Å². The number of halogens is 1. The Bertz CT molecular complexity index is 894. The lowest BCUT2D eigenvalue weighted by molar-refractivity contribution is 0.0928. The number of anilines is 1. The van der Waals surface area contributed by atoms with Gasteiger partial charge in [-0.2, -0.15) is 0 Å². The van der Waals surface area contributed by atoms with Gasteiger partial charge in [0.2, 0.25) is 0 Å². The molecule has 8 heteroatoms. The summed E-state index contributed by atoms with van der Waals surface area (Å²) in [6, 6.07) is 7.48. The fourth-order valence-corrected chi connectivity index (χ4v) is 4.34. The number of nitrogens with one attached hydrogen (secondary N) is 1. The Morgan fingerprint density at radius 2 is 2.00 bits per heavy atom. The number of aryl methyl sites for hydroxylation is 1. The molecule has 2 amide bonds. The van der Waals surface area contributed by atoms with E-state index in [1.165, 1.54) is 0 Å². The van der Waals surface area contributed by atoms with Gasteiger partial charge in [-0.15, -0.1) is 0 Å². The number of rotatable bonds is 4. The van der Waals surface area contributed by atoms with E-state index in [4.69, 9.17) is 4.74 Å². The summed E-state index contributed by atoms with van der Waals surface area (Å²) >= 11 is 3.44. The van der Waals surface area contributed by atoms with E-state index in [-0.39, 0.29) is 18.0 Å². The molecule has 0 radical (unpaired) electrons. The summed E-state index contributed by atoms with van der Waals surface area (Å²) in [6.45, 7) is 3.91. The standard InChI is InChI=1S/C20H23BrN4O3/c1-13(14-6-8-15(9-7-14)24-11-4-12-28-20(24)27)22-19(26)17-18(21)23-16-5-2-3-10-25(16)17/h6-9,13H,2-5,10-12H2,1H3,(H,22,26). The molecule has 2 aliphatic rings. The monoisotopic (exact) mass is 446 g/mol. The lowest BCUT2D eigenvalue weighted by atomic mass is 10.1. The lowest BCUT2D eigenvalue weighted by Gasteiger charge is -2.26. The second-order valence-corrected chi connectivity index (χ2v) is 7.93. The van der Waals surface area contributed by atoms with Gasteiger partial charge in [-0.1, -0.05) is 12.1 Å². The van der Waals surface area contributed by atoms with Crippen LogP contribution in [0.1, 0.15) is 54.1 Å². The van der Waals surface area contributed by atoms with E-state index < -0.39 is 0 Å². The predicted octanol–water partition coefficient (Wildman–Crippen LogP) is 3.82. The largest absolute Gasteiger partial charge is 0.449 e. The van der Waals surface area contributed by atoms with Crippen molar-refractivity contribution in [2.45, 2.75) is 45.2 Å². The van der Waals surface area contributed by atoms with Gasteiger partial charge < -0.3 is 14.6 Å². The molecule has 0 saturated carbocycles. The number of benzene rings is 1. The summed E-state index contributed by atoms with van der Waals surface area (Å²) in [6.07, 6.45) is 3.59. The number of hydrogen-bond donors (Lipinski definition) is 1. The summed E-state index contributed by atoms with van der Waals surface area (Å²) in [7, 11) is 0. The van der Waals surface area contributed by atoms with Gasteiger partial charge in [-0.25, -0.2) is 9.78 Å². The molecular weight excluding hydrogens is 424 g/mol. The molecule has 1 unspecified atom stereocenters. The third-order valence-corrected chi connectivity index (χ3v) is 5.83. The van der Waals surface area contributed by atoms with Gasteiger partial charge >= 0.3 is 6.09 Å². The molecule has 2 aliphatic heterocycles. The van der Waals surface area contributed by atoms with Crippen molar-refractivity contribution in [3.05, 3.63) is 46.0 Å². The van der Waals surface area contributed by atoms with Crippen LogP contribution in [0.3, 0.4) is 0 Å². The van der Waals surface area contributed by atoms with Crippen LogP contribution in [-0.4, -0.2) is 34.7 Å². The number of hydrogen-bond acceptors (Lipinski definition) is 4. The van der Waals surface area contributed by atoms with Crippen LogP contribution >= 0.6 is 15.9 Å². The first-order chi connectivity index (χ1) is 13.5. The van der Waals surface area contributed by atoms with Gasteiger partial charge in [0.1, 0.15) is 16.1 Å². The average Bonchev–Trinajstić information content (AvgIpc) is 3.04. The minimum Gasteiger partial charge on any atom is -0.449 e. The number of carbonyl (C=O) groups is 2. The van der Waals surface area contributed by atoms with Gasteiger partial charge in [-0.3, -0.25) is 9.69 Å². The smallest absolute Gasteiger partial charge is 0.414 e. The van der Waals surface area contributed by atoms with Crippen LogP contribution in [0.4, 0.5) is 10.5 Å². The Kier molecular flexibility index (Phi) is 5.39. The average molecular weight is 447 g/mol. The molecule has 2 aromatic rings. The van der Waals surface area contributed by atoms with Crippen molar-refractivity contribution in [3.8, 4) is 0 Å². The minimum absolute atomic E-state index is 0.135. The normalized spacial score (nSPS) is 17.6. The Balaban J connectivity index is 1.46. The molecule has 148 valence electrons. The van der Waals surface area contributed by atoms with Gasteiger partial charge in [0, 0.05) is 25.2 Å². The van der Waals surface area contributed by atoms with E-state index in [1.807, 2.05) is 35.8 Å². The van der Waals surface area contributed by atoms with Gasteiger partial charge in [0.25, 0.3) is 5.91 Å². The molecule has 1 saturated heterocycles. The molecule has 4 rings (SSSR count). The molecule has 28 heavy (non-hydrogen) atoms. The number of nitrogens with zero attached hydrogens (tertiary/aromatic N) is 3. The fourth-order valence-electron chi connectivity index (χ4n) is 3.75. The Morgan fingerprint density at radius 3 is 2.75 bits per heavy atom. The second kappa shape index (κ2) is 7.95. The van der Waals surface area contributed by atoms with Crippen molar-refractivity contribution in [1.82, 2.24) is 14.9 Å². The van der Waals surface area contributed by atoms with Crippen molar-refractivity contribution in [2.75, 3.05) is 18.1 Å². The lowest BCUT2D eigenvalue weighted by Crippen LogP contribution is -2.37. The van der Waals surface area contributed by atoms with Crippen LogP contribution in [0.15, 0.2) is 28.9 Å². The van der Waals surface area contributed by atoms with E-state index >= 15 is 0 Å². The van der Waals surface area contributed by atoms with Gasteiger partial charge in [0.05, 0.1) is 12.6 Å². The zero-order valence-corrected chi connectivity index (χ0v) is 17.4. The van der Waals surface area contributed by atoms with Crippen molar-refractivity contribution < 1.29 is 14.3 Å². The van der Waals surface area contributed by atoms with Crippen molar-refractivity contribution in [3.63, 3.8) is 0 Å². The third kappa shape index (κ3) is 3.65. The van der Waals surface area contributed by atoms with Crippen LogP contribution in [0.2, 0.25) is 0 Å². The van der Waals surface area contributed by atoms with E-state index in [1.54, 1.807) is 4.90 Å². The molecule has 1 fully saturated rings. The van der Waals surface area contributed by atoms with E-state index in [2.05, 4.69) is 26.2 Å². The molecule has 3 heterocycles. The highest BCUT2D eigenvalue weighted by Crippen LogP contribution is 2.25. The van der Waals surface area contributed by atoms with Crippen molar-refractivity contribution in [2.24, 2.45) is 0 Å². The number of cyclic esters (lactones) is 1. The summed E-state index contributed by atoms with van der Waals surface area (Å²) in [5.74, 6) is 0.831. The first kappa shape index (κ1) is 19.0. The molecule has 0 bridgehead atoms. The number of amides is 2. The Labute approximate surface area is 172 Å². The number of ether oxygens (including phenoxy) is 1. The molecule has 0 spiro atoms. The number of carbonyl (C=O) groups excluding carboxylic acids is 2. The third-order valence-electron chi connectivity index (χ3n) is 5.28. The highest BCUT2D eigenvalue weighted by atomic mass is 79.9. The first-order valence-electron chi connectivity index (χ1n) is 9.64. The maximum Gasteiger partial charge on any atom is 0.414 e. The van der Waals surface area contributed by atoms with Gasteiger partial charge in [0.15, 0.2) is 0 Å². The highest BCUT2D eigenvalue weighted by molar-refractivity contribution is 9.10. The Hall–Kier alpha value is -2.35. The maximum atomic E-state index is 12.9. The molecule has 1 atom stereocenters. The van der Waals surface area contributed by atoms with E-state index in [0.29, 0.717) is 23.4 Å². The zero-order valence-electron chi connectivity index (χ0n) is 15.8. The highest BCUT2D eigenvalue weighted by Gasteiger charge is 2.25. The number of imidazole rings is 1. The SMILES string of the molecule is CC(NC(=O)c1c(Br)nc2n1CCCC2)c1ccc(N2CCCOC2=O)cc1. The van der Waals surface area contributed by atoms with Crippen molar-refractivity contribution in [1.29, 1.82) is 0 Å². The molecular formula is C20H23BrN4O3.